The summed E-state index contributed by atoms with van der Waals surface area (Å²) in [6.07, 6.45) is -0.506. The zero-order chi connectivity index (χ0) is 9.68. The molecule has 3 heteroatoms. The summed E-state index contributed by atoms with van der Waals surface area (Å²) in [6.45, 7) is 2.93. The average Bonchev–Trinajstić information content (AvgIpc) is 2.15. The van der Waals surface area contributed by atoms with Gasteiger partial charge >= 0.3 is 0 Å². The highest BCUT2D eigenvalue weighted by Crippen LogP contribution is 2.19. The largest absolute Gasteiger partial charge is 0.386 e. The van der Waals surface area contributed by atoms with Gasteiger partial charge in [0, 0.05) is 10.2 Å². The molecule has 0 fully saturated rings. The first-order valence-corrected chi connectivity index (χ1v) is 5.33. The van der Waals surface area contributed by atoms with Gasteiger partial charge in [0.2, 0.25) is 0 Å². The molecule has 1 aromatic carbocycles. The van der Waals surface area contributed by atoms with E-state index < -0.39 is 6.10 Å². The molecule has 0 amide bonds. The molecule has 0 heterocycles. The first-order chi connectivity index (χ1) is 6.25. The van der Waals surface area contributed by atoms with Crippen LogP contribution in [0.25, 0.3) is 0 Å². The Balaban J connectivity index is 2.65. The van der Waals surface area contributed by atoms with Crippen molar-refractivity contribution in [2.75, 3.05) is 13.2 Å². The third-order valence-corrected chi connectivity index (χ3v) is 2.73. The van der Waals surface area contributed by atoms with Crippen LogP contribution in [0.3, 0.4) is 0 Å². The van der Waals surface area contributed by atoms with Crippen LogP contribution in [-0.2, 0) is 4.74 Å². The summed E-state index contributed by atoms with van der Waals surface area (Å²) < 4.78 is 6.23. The smallest absolute Gasteiger partial charge is 0.103 e. The predicted molar refractivity (Wildman–Crippen MR) is 60.6 cm³/mol. The quantitative estimate of drug-likeness (QED) is 0.863. The lowest BCUT2D eigenvalue weighted by Crippen LogP contribution is -2.08. The van der Waals surface area contributed by atoms with Crippen molar-refractivity contribution in [3.63, 3.8) is 0 Å². The molecule has 1 rings (SSSR count). The number of aliphatic hydroxyl groups is 1. The van der Waals surface area contributed by atoms with Crippen molar-refractivity contribution in [2.45, 2.75) is 13.0 Å². The maximum Gasteiger partial charge on any atom is 0.103 e. The van der Waals surface area contributed by atoms with E-state index in [-0.39, 0.29) is 0 Å². The van der Waals surface area contributed by atoms with E-state index in [1.807, 2.05) is 31.2 Å². The highest BCUT2D eigenvalue weighted by molar-refractivity contribution is 14.1. The Hall–Kier alpha value is -0.130. The Morgan fingerprint density at radius 2 is 2.15 bits per heavy atom. The van der Waals surface area contributed by atoms with Crippen molar-refractivity contribution in [3.05, 3.63) is 33.4 Å². The van der Waals surface area contributed by atoms with Gasteiger partial charge in [0.05, 0.1) is 6.61 Å². The predicted octanol–water partition coefficient (Wildman–Crippen LogP) is 2.36. The number of benzene rings is 1. The van der Waals surface area contributed by atoms with Crippen LogP contribution < -0.4 is 0 Å². The molecule has 1 atom stereocenters. The van der Waals surface area contributed by atoms with Crippen molar-refractivity contribution in [2.24, 2.45) is 0 Å². The first-order valence-electron chi connectivity index (χ1n) is 4.26. The third-order valence-electron chi connectivity index (χ3n) is 1.74. The van der Waals surface area contributed by atoms with Crippen LogP contribution in [-0.4, -0.2) is 18.3 Å². The van der Waals surface area contributed by atoms with Gasteiger partial charge in [0.25, 0.3) is 0 Å². The second kappa shape index (κ2) is 5.57. The number of halogens is 1. The average molecular weight is 292 g/mol. The second-order valence-corrected chi connectivity index (χ2v) is 3.86. The molecule has 1 unspecified atom stereocenters. The van der Waals surface area contributed by atoms with Gasteiger partial charge in [-0.25, -0.2) is 0 Å². The Labute approximate surface area is 92.1 Å². The fraction of sp³-hybridized carbons (Fsp3) is 0.400. The Bertz CT molecular complexity index is 263. The van der Waals surface area contributed by atoms with E-state index in [0.29, 0.717) is 13.2 Å². The molecule has 0 radical (unpaired) electrons. The Morgan fingerprint density at radius 3 is 2.77 bits per heavy atom. The van der Waals surface area contributed by atoms with Gasteiger partial charge < -0.3 is 9.84 Å². The summed E-state index contributed by atoms with van der Waals surface area (Å²) >= 11 is 2.21. The van der Waals surface area contributed by atoms with Crippen molar-refractivity contribution in [3.8, 4) is 0 Å². The molecule has 0 bridgehead atoms. The highest BCUT2D eigenvalue weighted by atomic mass is 127. The van der Waals surface area contributed by atoms with E-state index in [4.69, 9.17) is 4.74 Å². The minimum absolute atomic E-state index is 0.372. The van der Waals surface area contributed by atoms with Crippen LogP contribution in [0.15, 0.2) is 24.3 Å². The Kier molecular flexibility index (Phi) is 4.69. The third kappa shape index (κ3) is 3.25. The van der Waals surface area contributed by atoms with Crippen LogP contribution in [0.2, 0.25) is 0 Å². The van der Waals surface area contributed by atoms with Gasteiger partial charge in [-0.05, 0) is 41.1 Å². The van der Waals surface area contributed by atoms with Gasteiger partial charge in [0.1, 0.15) is 6.10 Å². The number of ether oxygens (including phenoxy) is 1. The lowest BCUT2D eigenvalue weighted by atomic mass is 10.1. The molecule has 0 saturated carbocycles. The number of hydrogen-bond donors (Lipinski definition) is 1. The summed E-state index contributed by atoms with van der Waals surface area (Å²) in [4.78, 5) is 0. The molecule has 0 spiro atoms. The van der Waals surface area contributed by atoms with Gasteiger partial charge in [0.15, 0.2) is 0 Å². The lowest BCUT2D eigenvalue weighted by molar-refractivity contribution is 0.0416. The summed E-state index contributed by atoms with van der Waals surface area (Å²) in [5.41, 5.74) is 0.941. The van der Waals surface area contributed by atoms with Crippen LogP contribution in [0, 0.1) is 3.57 Å². The lowest BCUT2D eigenvalue weighted by Gasteiger charge is -2.12. The number of aliphatic hydroxyl groups excluding tert-OH is 1. The van der Waals surface area contributed by atoms with E-state index in [2.05, 4.69) is 22.6 Å². The first kappa shape index (κ1) is 10.9. The van der Waals surface area contributed by atoms with Gasteiger partial charge in [-0.1, -0.05) is 18.2 Å². The van der Waals surface area contributed by atoms with E-state index in [1.54, 1.807) is 0 Å². The van der Waals surface area contributed by atoms with Gasteiger partial charge in [-0.3, -0.25) is 0 Å². The fourth-order valence-corrected chi connectivity index (χ4v) is 1.81. The molecule has 13 heavy (non-hydrogen) atoms. The topological polar surface area (TPSA) is 29.5 Å². The molecule has 0 aliphatic rings. The van der Waals surface area contributed by atoms with Crippen molar-refractivity contribution in [1.29, 1.82) is 0 Å². The normalized spacial score (nSPS) is 12.8. The summed E-state index contributed by atoms with van der Waals surface area (Å²) in [7, 11) is 0. The Morgan fingerprint density at radius 1 is 1.46 bits per heavy atom. The second-order valence-electron chi connectivity index (χ2n) is 2.70. The monoisotopic (exact) mass is 292 g/mol. The van der Waals surface area contributed by atoms with Gasteiger partial charge in [-0.15, -0.1) is 0 Å². The molecular weight excluding hydrogens is 279 g/mol. The van der Waals surface area contributed by atoms with Crippen LogP contribution in [0.4, 0.5) is 0 Å². The molecule has 1 aromatic rings. The summed E-state index contributed by atoms with van der Waals surface area (Å²) in [5, 5.41) is 9.70. The van der Waals surface area contributed by atoms with E-state index in [1.165, 1.54) is 0 Å². The molecule has 0 aliphatic heterocycles. The molecule has 0 aromatic heterocycles. The molecule has 0 saturated heterocycles. The van der Waals surface area contributed by atoms with Crippen molar-refractivity contribution < 1.29 is 9.84 Å². The molecule has 1 N–H and O–H groups in total. The van der Waals surface area contributed by atoms with E-state index in [0.717, 1.165) is 9.13 Å². The van der Waals surface area contributed by atoms with E-state index in [9.17, 15) is 5.11 Å². The van der Waals surface area contributed by atoms with Crippen molar-refractivity contribution >= 4 is 22.6 Å². The summed E-state index contributed by atoms with van der Waals surface area (Å²) in [5.74, 6) is 0. The van der Waals surface area contributed by atoms with Crippen LogP contribution in [0.1, 0.15) is 18.6 Å². The number of rotatable bonds is 4. The SMILES string of the molecule is CCOCC(O)c1ccccc1I. The maximum absolute atomic E-state index is 9.70. The maximum atomic E-state index is 9.70. The molecule has 72 valence electrons. The highest BCUT2D eigenvalue weighted by Gasteiger charge is 2.09. The zero-order valence-electron chi connectivity index (χ0n) is 7.53. The number of hydrogen-bond acceptors (Lipinski definition) is 2. The molecule has 0 aliphatic carbocycles. The van der Waals surface area contributed by atoms with Crippen LogP contribution in [0.5, 0.6) is 0 Å². The minimum atomic E-state index is -0.506. The van der Waals surface area contributed by atoms with Crippen LogP contribution >= 0.6 is 22.6 Å². The fourth-order valence-electron chi connectivity index (χ4n) is 1.06. The summed E-state index contributed by atoms with van der Waals surface area (Å²) in [6, 6.07) is 7.78. The van der Waals surface area contributed by atoms with Gasteiger partial charge in [-0.2, -0.15) is 0 Å². The zero-order valence-corrected chi connectivity index (χ0v) is 9.69. The van der Waals surface area contributed by atoms with E-state index >= 15 is 0 Å². The van der Waals surface area contributed by atoms with Crippen molar-refractivity contribution in [1.82, 2.24) is 0 Å². The molecular formula is C10H13IO2. The molecule has 2 nitrogen and oxygen atoms in total. The standard InChI is InChI=1S/C10H13IO2/c1-2-13-7-10(12)8-5-3-4-6-9(8)11/h3-6,10,12H,2,7H2,1H3. The minimum Gasteiger partial charge on any atom is -0.386 e.